The third-order valence-electron chi connectivity index (χ3n) is 4.50. The average molecular weight is 165 g/mol. The highest BCUT2D eigenvalue weighted by Crippen LogP contribution is 2.51. The van der Waals surface area contributed by atoms with Crippen LogP contribution in [0.5, 0.6) is 0 Å². The molecule has 1 heteroatoms. The Bertz CT molecular complexity index is 172. The van der Waals surface area contributed by atoms with Gasteiger partial charge < -0.3 is 5.32 Å². The molecule has 3 aliphatic rings. The van der Waals surface area contributed by atoms with Gasteiger partial charge in [-0.2, -0.15) is 0 Å². The smallest absolute Gasteiger partial charge is 0.00173 e. The second kappa shape index (κ2) is 2.73. The molecule has 0 aromatic carbocycles. The topological polar surface area (TPSA) is 12.0 Å². The van der Waals surface area contributed by atoms with Gasteiger partial charge in [0.1, 0.15) is 0 Å². The Hall–Kier alpha value is -0.0400. The summed E-state index contributed by atoms with van der Waals surface area (Å²) in [5.74, 6) is 4.46. The highest BCUT2D eigenvalue weighted by Gasteiger charge is 2.43. The normalized spacial score (nSPS) is 52.0. The molecular weight excluding hydrogens is 146 g/mol. The predicted molar refractivity (Wildman–Crippen MR) is 49.9 cm³/mol. The molecule has 0 amide bonds. The Morgan fingerprint density at radius 2 is 1.92 bits per heavy atom. The van der Waals surface area contributed by atoms with Gasteiger partial charge in [0.2, 0.25) is 0 Å². The van der Waals surface area contributed by atoms with Gasteiger partial charge in [0, 0.05) is 0 Å². The average Bonchev–Trinajstić information content (AvgIpc) is 2.81. The van der Waals surface area contributed by atoms with Gasteiger partial charge in [-0.05, 0) is 62.4 Å². The van der Waals surface area contributed by atoms with Crippen molar-refractivity contribution in [2.45, 2.75) is 32.1 Å². The minimum atomic E-state index is 1.06. The molecule has 1 heterocycles. The maximum absolute atomic E-state index is 3.51. The van der Waals surface area contributed by atoms with Crippen molar-refractivity contribution < 1.29 is 0 Å². The molecule has 0 spiro atoms. The van der Waals surface area contributed by atoms with Crippen LogP contribution in [-0.4, -0.2) is 13.1 Å². The summed E-state index contributed by atoms with van der Waals surface area (Å²) in [6, 6.07) is 0. The zero-order valence-electron chi connectivity index (χ0n) is 7.76. The minimum absolute atomic E-state index is 1.06. The molecule has 0 radical (unpaired) electrons. The third-order valence-corrected chi connectivity index (χ3v) is 4.50. The van der Waals surface area contributed by atoms with Gasteiger partial charge in [0.25, 0.3) is 0 Å². The van der Waals surface area contributed by atoms with E-state index in [4.69, 9.17) is 0 Å². The van der Waals surface area contributed by atoms with Gasteiger partial charge in [0.15, 0.2) is 0 Å². The molecule has 1 nitrogen and oxygen atoms in total. The van der Waals surface area contributed by atoms with Crippen LogP contribution in [0.4, 0.5) is 0 Å². The molecule has 1 N–H and O–H groups in total. The fraction of sp³-hybridized carbons (Fsp3) is 1.00. The Balaban J connectivity index is 1.69. The van der Waals surface area contributed by atoms with E-state index in [1.54, 1.807) is 25.7 Å². The molecule has 3 fully saturated rings. The van der Waals surface area contributed by atoms with Crippen LogP contribution in [0.3, 0.4) is 0 Å². The van der Waals surface area contributed by atoms with E-state index in [1.807, 2.05) is 0 Å². The molecule has 68 valence electrons. The van der Waals surface area contributed by atoms with Crippen molar-refractivity contribution in [1.29, 1.82) is 0 Å². The lowest BCUT2D eigenvalue weighted by atomic mass is 9.79. The van der Waals surface area contributed by atoms with Crippen LogP contribution in [0.15, 0.2) is 0 Å². The lowest BCUT2D eigenvalue weighted by Gasteiger charge is -2.26. The van der Waals surface area contributed by atoms with Crippen LogP contribution in [0.1, 0.15) is 32.1 Å². The Morgan fingerprint density at radius 1 is 0.917 bits per heavy atom. The summed E-state index contributed by atoms with van der Waals surface area (Å²) in [5, 5.41) is 3.51. The van der Waals surface area contributed by atoms with E-state index < -0.39 is 0 Å². The monoisotopic (exact) mass is 165 g/mol. The zero-order valence-corrected chi connectivity index (χ0v) is 7.76. The zero-order chi connectivity index (χ0) is 7.97. The van der Waals surface area contributed by atoms with E-state index in [0.29, 0.717) is 0 Å². The van der Waals surface area contributed by atoms with Crippen molar-refractivity contribution in [2.24, 2.45) is 23.7 Å². The molecule has 1 aliphatic heterocycles. The highest BCUT2D eigenvalue weighted by atomic mass is 14.9. The van der Waals surface area contributed by atoms with Gasteiger partial charge in [-0.1, -0.05) is 6.42 Å². The lowest BCUT2D eigenvalue weighted by Crippen LogP contribution is -2.22. The first-order valence-electron chi connectivity index (χ1n) is 5.64. The van der Waals surface area contributed by atoms with Crippen LogP contribution >= 0.6 is 0 Å². The van der Waals surface area contributed by atoms with Gasteiger partial charge in [-0.3, -0.25) is 0 Å². The van der Waals surface area contributed by atoms with Gasteiger partial charge in [-0.25, -0.2) is 0 Å². The standard InChI is InChI=1S/C11H19N/c1-2-9-5-8(1)6-11(9)10-3-4-12-7-10/h8-12H,1-7H2. The second-order valence-corrected chi connectivity index (χ2v) is 5.09. The molecule has 2 saturated carbocycles. The molecule has 0 aromatic rings. The second-order valence-electron chi connectivity index (χ2n) is 5.09. The van der Waals surface area contributed by atoms with Crippen molar-refractivity contribution in [3.8, 4) is 0 Å². The molecule has 3 rings (SSSR count). The van der Waals surface area contributed by atoms with E-state index >= 15 is 0 Å². The summed E-state index contributed by atoms with van der Waals surface area (Å²) in [5.41, 5.74) is 0. The van der Waals surface area contributed by atoms with E-state index in [9.17, 15) is 0 Å². The number of rotatable bonds is 1. The molecule has 0 aromatic heterocycles. The Labute approximate surface area is 74.9 Å². The van der Waals surface area contributed by atoms with Crippen LogP contribution in [0.2, 0.25) is 0 Å². The quantitative estimate of drug-likeness (QED) is 0.627. The highest BCUT2D eigenvalue weighted by molar-refractivity contribution is 4.94. The first-order valence-corrected chi connectivity index (χ1v) is 5.64. The summed E-state index contributed by atoms with van der Waals surface area (Å²) < 4.78 is 0. The van der Waals surface area contributed by atoms with Crippen LogP contribution in [0, 0.1) is 23.7 Å². The van der Waals surface area contributed by atoms with Crippen molar-refractivity contribution in [3.05, 3.63) is 0 Å². The minimum Gasteiger partial charge on any atom is -0.316 e. The predicted octanol–water partition coefficient (Wildman–Crippen LogP) is 2.03. The number of hydrogen-bond acceptors (Lipinski definition) is 1. The van der Waals surface area contributed by atoms with Crippen LogP contribution in [0.25, 0.3) is 0 Å². The van der Waals surface area contributed by atoms with Gasteiger partial charge in [0.05, 0.1) is 0 Å². The maximum Gasteiger partial charge on any atom is -0.00173 e. The summed E-state index contributed by atoms with van der Waals surface area (Å²) in [7, 11) is 0. The van der Waals surface area contributed by atoms with Crippen molar-refractivity contribution in [1.82, 2.24) is 5.32 Å². The largest absolute Gasteiger partial charge is 0.316 e. The van der Waals surface area contributed by atoms with Crippen LogP contribution in [-0.2, 0) is 0 Å². The molecule has 2 bridgehead atoms. The van der Waals surface area contributed by atoms with Crippen molar-refractivity contribution in [2.75, 3.05) is 13.1 Å². The number of nitrogens with one attached hydrogen (secondary N) is 1. The summed E-state index contributed by atoms with van der Waals surface area (Å²) in [4.78, 5) is 0. The summed E-state index contributed by atoms with van der Waals surface area (Å²) in [6.45, 7) is 2.62. The Kier molecular flexibility index (Phi) is 1.68. The third kappa shape index (κ3) is 1.02. The Morgan fingerprint density at radius 3 is 2.50 bits per heavy atom. The van der Waals surface area contributed by atoms with E-state index in [0.717, 1.165) is 23.7 Å². The fourth-order valence-electron chi connectivity index (χ4n) is 3.91. The molecule has 2 aliphatic carbocycles. The molecule has 1 saturated heterocycles. The summed E-state index contributed by atoms with van der Waals surface area (Å²) in [6.07, 6.45) is 7.75. The van der Waals surface area contributed by atoms with E-state index in [1.165, 1.54) is 19.5 Å². The van der Waals surface area contributed by atoms with Crippen molar-refractivity contribution in [3.63, 3.8) is 0 Å². The first kappa shape index (κ1) is 7.37. The summed E-state index contributed by atoms with van der Waals surface area (Å²) >= 11 is 0. The van der Waals surface area contributed by atoms with Crippen molar-refractivity contribution >= 4 is 0 Å². The molecule has 12 heavy (non-hydrogen) atoms. The number of hydrogen-bond donors (Lipinski definition) is 1. The number of fused-ring (bicyclic) bond motifs is 2. The molecule has 4 atom stereocenters. The van der Waals surface area contributed by atoms with Gasteiger partial charge >= 0.3 is 0 Å². The van der Waals surface area contributed by atoms with Gasteiger partial charge in [-0.15, -0.1) is 0 Å². The fourth-order valence-corrected chi connectivity index (χ4v) is 3.91. The maximum atomic E-state index is 3.51. The van der Waals surface area contributed by atoms with E-state index in [2.05, 4.69) is 5.32 Å². The molecule has 4 unspecified atom stereocenters. The first-order chi connectivity index (χ1) is 5.93. The van der Waals surface area contributed by atoms with E-state index in [-0.39, 0.29) is 0 Å². The lowest BCUT2D eigenvalue weighted by molar-refractivity contribution is 0.241. The van der Waals surface area contributed by atoms with Crippen LogP contribution < -0.4 is 5.32 Å². The molecular formula is C11H19N. The SMILES string of the molecule is C1CC(C2CC3CCC2C3)CN1.